The lowest BCUT2D eigenvalue weighted by atomic mass is 10.2. The lowest BCUT2D eigenvalue weighted by Crippen LogP contribution is -2.50. The monoisotopic (exact) mass is 280 g/mol. The molecular formula is C10H18N2O5S. The van der Waals surface area contributed by atoms with Gasteiger partial charge in [0.1, 0.15) is 12.1 Å². The summed E-state index contributed by atoms with van der Waals surface area (Å²) in [7, 11) is -3.48. The fourth-order valence-corrected chi connectivity index (χ4v) is 3.05. The number of rotatable bonds is 5. The maximum absolute atomic E-state index is 12.0. The Morgan fingerprint density at radius 3 is 2.78 bits per heavy atom. The topological polar surface area (TPSA) is 104 Å². The van der Waals surface area contributed by atoms with Crippen molar-refractivity contribution in [2.24, 2.45) is 0 Å². The second-order valence-electron chi connectivity index (χ2n) is 4.22. The molecular weight excluding hydrogens is 260 g/mol. The summed E-state index contributed by atoms with van der Waals surface area (Å²) < 4.78 is 31.1. The van der Waals surface area contributed by atoms with Crippen LogP contribution in [0.2, 0.25) is 0 Å². The minimum absolute atomic E-state index is 0.00727. The van der Waals surface area contributed by atoms with Crippen molar-refractivity contribution in [1.29, 1.82) is 0 Å². The number of nitrogens with one attached hydrogen (secondary N) is 1. The van der Waals surface area contributed by atoms with E-state index in [-0.39, 0.29) is 19.9 Å². The molecule has 1 aliphatic heterocycles. The Morgan fingerprint density at radius 1 is 1.61 bits per heavy atom. The highest BCUT2D eigenvalue weighted by Crippen LogP contribution is 2.20. The Kier molecular flexibility index (Phi) is 4.18. The summed E-state index contributed by atoms with van der Waals surface area (Å²) in [4.78, 5) is 22.8. The molecule has 2 N–H and O–H groups in total. The summed E-state index contributed by atoms with van der Waals surface area (Å²) in [5.41, 5.74) is 0. The summed E-state index contributed by atoms with van der Waals surface area (Å²) in [6, 6.07) is -1.99. The van der Waals surface area contributed by atoms with Crippen LogP contribution in [0.5, 0.6) is 0 Å². The lowest BCUT2D eigenvalue weighted by molar-refractivity contribution is -0.142. The summed E-state index contributed by atoms with van der Waals surface area (Å²) in [5.74, 6) is -1.83. The Morgan fingerprint density at radius 2 is 2.28 bits per heavy atom. The molecule has 0 aromatic heterocycles. The molecule has 1 rings (SSSR count). The Hall–Kier alpha value is -1.15. The highest BCUT2D eigenvalue weighted by Gasteiger charge is 2.37. The van der Waals surface area contributed by atoms with Gasteiger partial charge in [0.15, 0.2) is 0 Å². The smallest absolute Gasteiger partial charge is 0.326 e. The summed E-state index contributed by atoms with van der Waals surface area (Å²) in [6.07, 6.45) is 1.97. The molecule has 1 saturated heterocycles. The first-order chi connectivity index (χ1) is 8.77. The van der Waals surface area contributed by atoms with E-state index in [0.29, 0.717) is 12.8 Å². The maximum atomic E-state index is 12.0. The van der Waals surface area contributed by atoms with Crippen molar-refractivity contribution >= 4 is 21.9 Å². The van der Waals surface area contributed by atoms with Crippen LogP contribution in [-0.2, 0) is 19.6 Å². The van der Waals surface area contributed by atoms with Crippen LogP contribution < -0.4 is 5.32 Å². The van der Waals surface area contributed by atoms with Crippen LogP contribution in [0.25, 0.3) is 0 Å². The number of amides is 1. The van der Waals surface area contributed by atoms with E-state index in [4.69, 9.17) is 6.48 Å². The second-order valence-corrected chi connectivity index (χ2v) is 6.15. The number of nitrogens with zero attached hydrogens (tertiary/aromatic N) is 1. The van der Waals surface area contributed by atoms with E-state index in [1.54, 1.807) is 0 Å². The zero-order valence-electron chi connectivity index (χ0n) is 11.1. The molecule has 0 aliphatic carbocycles. The van der Waals surface area contributed by atoms with Gasteiger partial charge in [0.25, 0.3) is 0 Å². The van der Waals surface area contributed by atoms with Crippen LogP contribution in [0.3, 0.4) is 0 Å². The minimum Gasteiger partial charge on any atom is -0.480 e. The van der Waals surface area contributed by atoms with Gasteiger partial charge in [-0.3, -0.25) is 4.79 Å². The third-order valence-electron chi connectivity index (χ3n) is 2.84. The molecule has 2 atom stereocenters. The molecule has 0 radical (unpaired) electrons. The van der Waals surface area contributed by atoms with E-state index in [1.807, 2.05) is 0 Å². The Bertz CT molecular complexity index is 453. The number of aliphatic carboxylic acids is 1. The van der Waals surface area contributed by atoms with Gasteiger partial charge in [0.2, 0.25) is 15.9 Å². The first-order valence-electron chi connectivity index (χ1n) is 6.27. The molecule has 0 aromatic rings. The Balaban J connectivity index is 2.74. The van der Waals surface area contributed by atoms with Crippen molar-refractivity contribution < 1.29 is 24.5 Å². The predicted molar refractivity (Wildman–Crippen MR) is 64.4 cm³/mol. The molecule has 0 spiro atoms. The number of carboxylic acid groups (broad SMARTS) is 1. The number of carbonyl (C=O) groups is 2. The van der Waals surface area contributed by atoms with Gasteiger partial charge in [-0.05, 0) is 19.3 Å². The first-order valence-corrected chi connectivity index (χ1v) is 7.41. The van der Waals surface area contributed by atoms with Crippen molar-refractivity contribution in [2.45, 2.75) is 38.2 Å². The molecule has 0 aromatic carbocycles. The van der Waals surface area contributed by atoms with Gasteiger partial charge in [0.05, 0.1) is 6.26 Å². The van der Waals surface area contributed by atoms with Crippen molar-refractivity contribution in [3.05, 3.63) is 0 Å². The zero-order chi connectivity index (χ0) is 14.6. The average molecular weight is 280 g/mol. The van der Waals surface area contributed by atoms with E-state index < -0.39 is 34.0 Å². The van der Waals surface area contributed by atoms with Crippen molar-refractivity contribution in [3.63, 3.8) is 0 Å². The number of sulfonamides is 1. The van der Waals surface area contributed by atoms with Crippen molar-refractivity contribution in [1.82, 2.24) is 9.62 Å². The quantitative estimate of drug-likeness (QED) is 0.699. The first kappa shape index (κ1) is 13.3. The van der Waals surface area contributed by atoms with Crippen LogP contribution in [0.1, 0.15) is 27.5 Å². The van der Waals surface area contributed by atoms with Crippen LogP contribution in [-0.4, -0.2) is 54.6 Å². The van der Waals surface area contributed by atoms with Crippen LogP contribution in [0.15, 0.2) is 0 Å². The number of carbonyl (C=O) groups excluding carboxylic acids is 1. The lowest BCUT2D eigenvalue weighted by Gasteiger charge is -2.23. The van der Waals surface area contributed by atoms with Gasteiger partial charge in [-0.2, -0.15) is 4.31 Å². The average Bonchev–Trinajstić information content (AvgIpc) is 2.76. The maximum Gasteiger partial charge on any atom is 0.326 e. The molecule has 1 unspecified atom stereocenters. The SMILES string of the molecule is [3H]CC[C@H](NC(=O)C1CCCN1S(C)(=O)=O)C(=O)O. The minimum atomic E-state index is -3.48. The van der Waals surface area contributed by atoms with Gasteiger partial charge in [-0.15, -0.1) is 0 Å². The Labute approximate surface area is 108 Å². The van der Waals surface area contributed by atoms with Crippen LogP contribution in [0, 0.1) is 0 Å². The van der Waals surface area contributed by atoms with Crippen LogP contribution >= 0.6 is 0 Å². The molecule has 1 amide bonds. The van der Waals surface area contributed by atoms with E-state index in [0.717, 1.165) is 10.6 Å². The molecule has 1 heterocycles. The summed E-state index contributed by atoms with van der Waals surface area (Å²) in [6.45, 7) is 0.144. The van der Waals surface area contributed by atoms with E-state index in [9.17, 15) is 18.0 Å². The zero-order valence-corrected chi connectivity index (χ0v) is 10.9. The molecule has 7 nitrogen and oxygen atoms in total. The van der Waals surface area contributed by atoms with Crippen molar-refractivity contribution in [3.8, 4) is 0 Å². The van der Waals surface area contributed by atoms with Crippen molar-refractivity contribution in [2.75, 3.05) is 12.8 Å². The number of hydrogen-bond donors (Lipinski definition) is 2. The molecule has 104 valence electrons. The van der Waals surface area contributed by atoms with E-state index in [1.165, 1.54) is 0 Å². The molecule has 0 bridgehead atoms. The van der Waals surface area contributed by atoms with Crippen LogP contribution in [0.4, 0.5) is 0 Å². The highest BCUT2D eigenvalue weighted by molar-refractivity contribution is 7.88. The normalized spacial score (nSPS) is 23.4. The molecule has 18 heavy (non-hydrogen) atoms. The standard InChI is InChI=1S/C10H18N2O5S/c1-3-7(10(14)15)11-9(13)8-5-4-6-12(8)18(2,16)17/h7-8H,3-6H2,1-2H3,(H,11,13)(H,14,15)/t7-,8?/m0/s1/i1T. The fraction of sp³-hybridized carbons (Fsp3) is 0.800. The van der Waals surface area contributed by atoms with Gasteiger partial charge in [0, 0.05) is 7.92 Å². The van der Waals surface area contributed by atoms with E-state index in [2.05, 4.69) is 5.32 Å². The summed E-state index contributed by atoms with van der Waals surface area (Å²) >= 11 is 0. The molecule has 1 aliphatic rings. The van der Waals surface area contributed by atoms with Gasteiger partial charge in [-0.25, -0.2) is 13.2 Å². The third-order valence-corrected chi connectivity index (χ3v) is 4.12. The van der Waals surface area contributed by atoms with Gasteiger partial charge in [-0.1, -0.05) is 6.90 Å². The van der Waals surface area contributed by atoms with Gasteiger partial charge >= 0.3 is 5.97 Å². The predicted octanol–water partition coefficient (Wildman–Crippen LogP) is -0.610. The second kappa shape index (κ2) is 5.66. The highest BCUT2D eigenvalue weighted by atomic mass is 32.2. The summed E-state index contributed by atoms with van der Waals surface area (Å²) in [5, 5.41) is 11.2. The third kappa shape index (κ3) is 3.42. The molecule has 1 fully saturated rings. The molecule has 0 saturated carbocycles. The molecule has 8 heteroatoms. The van der Waals surface area contributed by atoms with E-state index >= 15 is 0 Å². The number of carboxylic acids is 1. The largest absolute Gasteiger partial charge is 0.480 e. The fourth-order valence-electron chi connectivity index (χ4n) is 1.92. The number of hydrogen-bond acceptors (Lipinski definition) is 4. The van der Waals surface area contributed by atoms with Gasteiger partial charge < -0.3 is 10.4 Å².